The van der Waals surface area contributed by atoms with Crippen molar-refractivity contribution >= 4 is 16.9 Å². The molecule has 0 unspecified atom stereocenters. The van der Waals surface area contributed by atoms with Crippen LogP contribution < -0.4 is 4.90 Å². The number of nitrogens with zero attached hydrogens (tertiary/aromatic N) is 4. The SMILES string of the molecule is CC(C)=CCN1C[C@@H]2CC[C@H]1CN(c1cnc3ccccc3n1)C2. The van der Waals surface area contributed by atoms with Gasteiger partial charge in [0.05, 0.1) is 17.2 Å². The van der Waals surface area contributed by atoms with E-state index in [1.165, 1.54) is 25.0 Å². The summed E-state index contributed by atoms with van der Waals surface area (Å²) in [5.41, 5.74) is 3.38. The van der Waals surface area contributed by atoms with E-state index in [9.17, 15) is 0 Å². The first-order valence-corrected chi connectivity index (χ1v) is 9.03. The van der Waals surface area contributed by atoms with Gasteiger partial charge < -0.3 is 4.90 Å². The van der Waals surface area contributed by atoms with E-state index in [1.54, 1.807) is 0 Å². The van der Waals surface area contributed by atoms with E-state index in [4.69, 9.17) is 4.98 Å². The number of rotatable bonds is 3. The second-order valence-corrected chi connectivity index (χ2v) is 7.45. The van der Waals surface area contributed by atoms with Gasteiger partial charge in [0.1, 0.15) is 5.82 Å². The van der Waals surface area contributed by atoms with Crippen molar-refractivity contribution in [3.63, 3.8) is 0 Å². The minimum absolute atomic E-state index is 0.632. The summed E-state index contributed by atoms with van der Waals surface area (Å²) in [6.45, 7) is 8.85. The third-order valence-electron chi connectivity index (χ3n) is 5.32. The second-order valence-electron chi connectivity index (χ2n) is 7.45. The first-order valence-electron chi connectivity index (χ1n) is 9.03. The molecule has 2 atom stereocenters. The Morgan fingerprint density at radius 2 is 1.96 bits per heavy atom. The summed E-state index contributed by atoms with van der Waals surface area (Å²) in [6.07, 6.45) is 6.96. The van der Waals surface area contributed by atoms with Gasteiger partial charge >= 0.3 is 0 Å². The standard InChI is InChI=1S/C20H26N4/c1-15(2)9-10-23-12-16-7-8-17(23)14-24(13-16)20-11-21-18-5-3-4-6-19(18)22-20/h3-6,9,11,16-17H,7-8,10,12-14H2,1-2H3/t16-,17-/m0/s1. The Kier molecular flexibility index (Phi) is 4.23. The lowest BCUT2D eigenvalue weighted by Gasteiger charge is -2.35. The van der Waals surface area contributed by atoms with Gasteiger partial charge in [-0.3, -0.25) is 9.88 Å². The van der Waals surface area contributed by atoms with Crippen LogP contribution in [-0.2, 0) is 0 Å². The fourth-order valence-electron chi connectivity index (χ4n) is 3.99. The maximum Gasteiger partial charge on any atom is 0.147 e. The van der Waals surface area contributed by atoms with Crippen molar-refractivity contribution in [2.75, 3.05) is 31.1 Å². The molecule has 1 aromatic carbocycles. The third-order valence-corrected chi connectivity index (χ3v) is 5.32. The molecule has 3 fully saturated rings. The Balaban J connectivity index is 1.57. The van der Waals surface area contributed by atoms with Crippen LogP contribution in [0.2, 0.25) is 0 Å². The van der Waals surface area contributed by atoms with Crippen LogP contribution in [0.25, 0.3) is 11.0 Å². The van der Waals surface area contributed by atoms with E-state index in [2.05, 4.69) is 40.8 Å². The fraction of sp³-hybridized carbons (Fsp3) is 0.500. The van der Waals surface area contributed by atoms with Gasteiger partial charge in [-0.15, -0.1) is 0 Å². The molecular weight excluding hydrogens is 296 g/mol. The number of hydrogen-bond donors (Lipinski definition) is 0. The van der Waals surface area contributed by atoms with Crippen LogP contribution in [0.4, 0.5) is 5.82 Å². The Morgan fingerprint density at radius 1 is 1.12 bits per heavy atom. The quantitative estimate of drug-likeness (QED) is 0.810. The molecule has 0 amide bonds. The molecule has 24 heavy (non-hydrogen) atoms. The van der Waals surface area contributed by atoms with Crippen LogP contribution in [0.1, 0.15) is 26.7 Å². The van der Waals surface area contributed by atoms with Crippen LogP contribution in [0.5, 0.6) is 0 Å². The van der Waals surface area contributed by atoms with Crippen LogP contribution in [0.15, 0.2) is 42.1 Å². The Bertz CT molecular complexity index is 750. The van der Waals surface area contributed by atoms with E-state index in [1.807, 2.05) is 24.4 Å². The monoisotopic (exact) mass is 322 g/mol. The van der Waals surface area contributed by atoms with Crippen LogP contribution in [0, 0.1) is 5.92 Å². The van der Waals surface area contributed by atoms with Crippen molar-refractivity contribution in [3.8, 4) is 0 Å². The van der Waals surface area contributed by atoms with E-state index in [0.717, 1.165) is 42.4 Å². The van der Waals surface area contributed by atoms with Crippen molar-refractivity contribution in [2.24, 2.45) is 5.92 Å². The molecule has 0 N–H and O–H groups in total. The van der Waals surface area contributed by atoms with Crippen LogP contribution in [-0.4, -0.2) is 47.1 Å². The number of piperidine rings is 1. The molecule has 0 spiro atoms. The molecule has 3 saturated heterocycles. The molecule has 0 saturated carbocycles. The van der Waals surface area contributed by atoms with Gasteiger partial charge in [0, 0.05) is 32.2 Å². The molecule has 2 aromatic rings. The molecule has 3 aliphatic heterocycles. The Labute approximate surface area is 144 Å². The number of allylic oxidation sites excluding steroid dienone is 1. The summed E-state index contributed by atoms with van der Waals surface area (Å²) in [5.74, 6) is 1.78. The van der Waals surface area contributed by atoms with Crippen molar-refractivity contribution < 1.29 is 0 Å². The molecule has 2 bridgehead atoms. The molecule has 5 rings (SSSR count). The molecule has 3 aliphatic rings. The van der Waals surface area contributed by atoms with Gasteiger partial charge in [-0.1, -0.05) is 23.8 Å². The van der Waals surface area contributed by atoms with E-state index < -0.39 is 0 Å². The normalized spacial score (nSPS) is 24.2. The Morgan fingerprint density at radius 3 is 2.79 bits per heavy atom. The lowest BCUT2D eigenvalue weighted by atomic mass is 9.95. The minimum Gasteiger partial charge on any atom is -0.353 e. The summed E-state index contributed by atoms with van der Waals surface area (Å²) in [7, 11) is 0. The van der Waals surface area contributed by atoms with Crippen molar-refractivity contribution in [1.82, 2.24) is 14.9 Å². The lowest BCUT2D eigenvalue weighted by molar-refractivity contribution is 0.149. The highest BCUT2D eigenvalue weighted by atomic mass is 15.3. The summed E-state index contributed by atoms with van der Waals surface area (Å²) >= 11 is 0. The first kappa shape index (κ1) is 15.6. The largest absolute Gasteiger partial charge is 0.353 e. The van der Waals surface area contributed by atoms with Gasteiger partial charge in [0.25, 0.3) is 0 Å². The van der Waals surface area contributed by atoms with Crippen molar-refractivity contribution in [1.29, 1.82) is 0 Å². The van der Waals surface area contributed by atoms with Crippen molar-refractivity contribution in [3.05, 3.63) is 42.1 Å². The molecule has 4 nitrogen and oxygen atoms in total. The average Bonchev–Trinajstić information content (AvgIpc) is 2.91. The molecule has 126 valence electrons. The fourth-order valence-corrected chi connectivity index (χ4v) is 3.99. The van der Waals surface area contributed by atoms with E-state index >= 15 is 0 Å². The number of anilines is 1. The predicted octanol–water partition coefficient (Wildman–Crippen LogP) is 3.50. The van der Waals surface area contributed by atoms with Gasteiger partial charge in [-0.2, -0.15) is 0 Å². The van der Waals surface area contributed by atoms with Gasteiger partial charge in [-0.25, -0.2) is 4.98 Å². The molecule has 4 heterocycles. The zero-order chi connectivity index (χ0) is 16.5. The number of hydrogen-bond acceptors (Lipinski definition) is 4. The van der Waals surface area contributed by atoms with Crippen LogP contribution >= 0.6 is 0 Å². The highest BCUT2D eigenvalue weighted by Gasteiger charge is 2.34. The lowest BCUT2D eigenvalue weighted by Crippen LogP contribution is -2.44. The number of benzene rings is 1. The second kappa shape index (κ2) is 6.52. The van der Waals surface area contributed by atoms with Crippen molar-refractivity contribution in [2.45, 2.75) is 32.7 Å². The van der Waals surface area contributed by atoms with E-state index in [-0.39, 0.29) is 0 Å². The Hall–Kier alpha value is -1.94. The van der Waals surface area contributed by atoms with Gasteiger partial charge in [0.2, 0.25) is 0 Å². The predicted molar refractivity (Wildman–Crippen MR) is 99.3 cm³/mol. The van der Waals surface area contributed by atoms with Gasteiger partial charge in [0.15, 0.2) is 0 Å². The first-order chi connectivity index (χ1) is 11.7. The summed E-state index contributed by atoms with van der Waals surface area (Å²) in [5, 5.41) is 0. The highest BCUT2D eigenvalue weighted by Crippen LogP contribution is 2.30. The highest BCUT2D eigenvalue weighted by molar-refractivity contribution is 5.75. The maximum atomic E-state index is 4.87. The smallest absolute Gasteiger partial charge is 0.147 e. The third kappa shape index (κ3) is 3.16. The number of fused-ring (bicyclic) bond motifs is 5. The molecule has 0 aliphatic carbocycles. The molecule has 1 aromatic heterocycles. The van der Waals surface area contributed by atoms with E-state index in [0.29, 0.717) is 6.04 Å². The average molecular weight is 322 g/mol. The zero-order valence-electron chi connectivity index (χ0n) is 14.7. The summed E-state index contributed by atoms with van der Waals surface area (Å²) < 4.78 is 0. The number of aromatic nitrogens is 2. The zero-order valence-corrected chi connectivity index (χ0v) is 14.7. The summed E-state index contributed by atoms with van der Waals surface area (Å²) in [6, 6.07) is 8.77. The minimum atomic E-state index is 0.632. The topological polar surface area (TPSA) is 32.3 Å². The molecular formula is C20H26N4. The maximum absolute atomic E-state index is 4.87. The molecule has 4 heteroatoms. The molecule has 0 radical (unpaired) electrons. The van der Waals surface area contributed by atoms with Gasteiger partial charge in [-0.05, 0) is 44.7 Å². The van der Waals surface area contributed by atoms with Crippen LogP contribution in [0.3, 0.4) is 0 Å². The summed E-state index contributed by atoms with van der Waals surface area (Å²) in [4.78, 5) is 14.6. The number of para-hydroxylation sites is 2.